The summed E-state index contributed by atoms with van der Waals surface area (Å²) < 4.78 is 38.2. The van der Waals surface area contributed by atoms with Gasteiger partial charge in [-0.05, 0) is 12.2 Å². The van der Waals surface area contributed by atoms with E-state index in [-0.39, 0.29) is 0 Å². The molecule has 1 amide bonds. The van der Waals surface area contributed by atoms with Gasteiger partial charge >= 0.3 is 6.18 Å². The fourth-order valence-corrected chi connectivity index (χ4v) is 2.77. The monoisotopic (exact) mass is 291 g/mol. The van der Waals surface area contributed by atoms with E-state index in [0.29, 0.717) is 5.01 Å². The fourth-order valence-electron chi connectivity index (χ4n) is 1.72. The third-order valence-corrected chi connectivity index (χ3v) is 3.87. The first kappa shape index (κ1) is 14.0. The number of allylic oxidation sites excluding steroid dienone is 2. The number of carbonyl (C=O) groups excluding carboxylic acids is 1. The summed E-state index contributed by atoms with van der Waals surface area (Å²) in [6.45, 7) is 0.841. The van der Waals surface area contributed by atoms with Gasteiger partial charge in [0.25, 0.3) is 5.91 Å². The maximum absolute atomic E-state index is 12.7. The van der Waals surface area contributed by atoms with E-state index in [9.17, 15) is 18.0 Å². The molecule has 0 aromatic carbocycles. The van der Waals surface area contributed by atoms with Gasteiger partial charge in [-0.15, -0.1) is 11.8 Å². The van der Waals surface area contributed by atoms with Crippen LogP contribution < -0.4 is 0 Å². The van der Waals surface area contributed by atoms with Gasteiger partial charge < -0.3 is 4.90 Å². The van der Waals surface area contributed by atoms with Gasteiger partial charge in [-0.3, -0.25) is 4.79 Å². The lowest BCUT2D eigenvalue weighted by atomic mass is 10.1. The Morgan fingerprint density at radius 3 is 2.53 bits per heavy atom. The van der Waals surface area contributed by atoms with Gasteiger partial charge in [0.15, 0.2) is 5.71 Å². The van der Waals surface area contributed by atoms with Gasteiger partial charge in [0.1, 0.15) is 0 Å². The zero-order valence-electron chi connectivity index (χ0n) is 10.4. The van der Waals surface area contributed by atoms with Gasteiger partial charge in [0.2, 0.25) is 0 Å². The zero-order chi connectivity index (χ0) is 14.2. The minimum absolute atomic E-state index is 0.414. The van der Waals surface area contributed by atoms with E-state index in [1.54, 1.807) is 11.8 Å². The molecule has 2 rings (SSSR count). The number of likely N-dealkylation sites (N-methyl/N-ethyl adjacent to an activating group) is 1. The van der Waals surface area contributed by atoms with Crippen molar-refractivity contribution in [1.82, 2.24) is 9.91 Å². The molecule has 0 N–H and O–H groups in total. The molecule has 2 aliphatic heterocycles. The maximum atomic E-state index is 12.7. The van der Waals surface area contributed by atoms with Crippen LogP contribution in [-0.2, 0) is 4.79 Å². The van der Waals surface area contributed by atoms with Crippen LogP contribution in [0.5, 0.6) is 0 Å². The van der Waals surface area contributed by atoms with Crippen LogP contribution in [0.1, 0.15) is 0 Å². The topological polar surface area (TPSA) is 35.9 Å². The summed E-state index contributed by atoms with van der Waals surface area (Å²) >= 11 is 1.54. The summed E-state index contributed by atoms with van der Waals surface area (Å²) in [5.74, 6) is 0.148. The van der Waals surface area contributed by atoms with E-state index in [1.807, 2.05) is 11.9 Å². The quantitative estimate of drug-likeness (QED) is 0.691. The molecule has 2 aliphatic rings. The largest absolute Gasteiger partial charge is 0.435 e. The standard InChI is InChI=1S/C11H12F3N3OS/c1-16-5-6-19-8(16)4-3-7-9(11(12,13)14)15-17(2)10(7)18/h3-4H,5-6H2,1-2H3/b7-3+,8-4+. The highest BCUT2D eigenvalue weighted by molar-refractivity contribution is 8.03. The molecule has 0 aliphatic carbocycles. The summed E-state index contributed by atoms with van der Waals surface area (Å²) in [6, 6.07) is 0. The highest BCUT2D eigenvalue weighted by Crippen LogP contribution is 2.30. The summed E-state index contributed by atoms with van der Waals surface area (Å²) in [5, 5.41) is 4.79. The fraction of sp³-hybridized carbons (Fsp3) is 0.455. The molecule has 0 bridgehead atoms. The van der Waals surface area contributed by atoms with Crippen molar-refractivity contribution in [3.8, 4) is 0 Å². The Balaban J connectivity index is 2.32. The normalized spacial score (nSPS) is 24.9. The number of alkyl halides is 3. The zero-order valence-corrected chi connectivity index (χ0v) is 11.2. The van der Waals surface area contributed by atoms with E-state index in [0.717, 1.165) is 17.3 Å². The van der Waals surface area contributed by atoms with Crippen LogP contribution >= 0.6 is 11.8 Å². The number of hydrogen-bond acceptors (Lipinski definition) is 4. The third-order valence-electron chi connectivity index (χ3n) is 2.74. The van der Waals surface area contributed by atoms with Crippen molar-refractivity contribution in [2.75, 3.05) is 26.4 Å². The number of hydrazone groups is 1. The first-order chi connectivity index (χ1) is 8.80. The summed E-state index contributed by atoms with van der Waals surface area (Å²) in [6.07, 6.45) is -1.90. The van der Waals surface area contributed by atoms with Crippen LogP contribution in [0.4, 0.5) is 13.2 Å². The van der Waals surface area contributed by atoms with Crippen molar-refractivity contribution >= 4 is 23.4 Å². The lowest BCUT2D eigenvalue weighted by Gasteiger charge is -2.10. The molecule has 0 radical (unpaired) electrons. The summed E-state index contributed by atoms with van der Waals surface area (Å²) in [5.41, 5.74) is -1.55. The Morgan fingerprint density at radius 1 is 1.32 bits per heavy atom. The molecule has 19 heavy (non-hydrogen) atoms. The highest BCUT2D eigenvalue weighted by Gasteiger charge is 2.45. The van der Waals surface area contributed by atoms with E-state index in [4.69, 9.17) is 0 Å². The molecule has 0 atom stereocenters. The van der Waals surface area contributed by atoms with Crippen LogP contribution in [0.2, 0.25) is 0 Å². The number of halogens is 3. The van der Waals surface area contributed by atoms with E-state index >= 15 is 0 Å². The second-order valence-corrected chi connectivity index (χ2v) is 5.25. The second-order valence-electron chi connectivity index (χ2n) is 4.13. The van der Waals surface area contributed by atoms with Crippen LogP contribution in [0, 0.1) is 0 Å². The number of carbonyl (C=O) groups is 1. The van der Waals surface area contributed by atoms with Gasteiger partial charge in [0.05, 0.1) is 10.6 Å². The minimum Gasteiger partial charge on any atom is -0.369 e. The Labute approximate surface area is 112 Å². The number of hydrogen-bond donors (Lipinski definition) is 0. The lowest BCUT2D eigenvalue weighted by Crippen LogP contribution is -2.24. The molecule has 8 heteroatoms. The smallest absolute Gasteiger partial charge is 0.369 e. The SMILES string of the molecule is CN1N=C(C(F)(F)F)/C(=C\C=C2\SCCN2C)C1=O. The molecule has 1 fully saturated rings. The minimum atomic E-state index is -4.63. The summed E-state index contributed by atoms with van der Waals surface area (Å²) in [4.78, 5) is 13.6. The van der Waals surface area contributed by atoms with Crippen molar-refractivity contribution in [3.63, 3.8) is 0 Å². The molecular weight excluding hydrogens is 279 g/mol. The molecular formula is C11H12F3N3OS. The third kappa shape index (κ3) is 2.78. The van der Waals surface area contributed by atoms with Crippen LogP contribution in [-0.4, -0.2) is 54.1 Å². The van der Waals surface area contributed by atoms with Crippen molar-refractivity contribution in [2.24, 2.45) is 5.10 Å². The lowest BCUT2D eigenvalue weighted by molar-refractivity contribution is -0.124. The molecule has 104 valence electrons. The van der Waals surface area contributed by atoms with Gasteiger partial charge in [0, 0.05) is 26.4 Å². The van der Waals surface area contributed by atoms with Crippen LogP contribution in [0.3, 0.4) is 0 Å². The molecule has 0 unspecified atom stereocenters. The van der Waals surface area contributed by atoms with E-state index < -0.39 is 23.4 Å². The van der Waals surface area contributed by atoms with Crippen molar-refractivity contribution < 1.29 is 18.0 Å². The average Bonchev–Trinajstić information content (AvgIpc) is 2.82. The molecule has 0 spiro atoms. The predicted molar refractivity (Wildman–Crippen MR) is 67.5 cm³/mol. The average molecular weight is 291 g/mol. The first-order valence-corrected chi connectivity index (χ1v) is 6.49. The molecule has 0 aromatic rings. The number of amides is 1. The van der Waals surface area contributed by atoms with E-state index in [1.165, 1.54) is 19.2 Å². The van der Waals surface area contributed by atoms with Gasteiger partial charge in [-0.2, -0.15) is 18.3 Å². The first-order valence-electron chi connectivity index (χ1n) is 5.51. The van der Waals surface area contributed by atoms with Gasteiger partial charge in [-0.25, -0.2) is 5.01 Å². The van der Waals surface area contributed by atoms with E-state index in [2.05, 4.69) is 5.10 Å². The number of rotatable bonds is 1. The highest BCUT2D eigenvalue weighted by atomic mass is 32.2. The molecule has 0 saturated carbocycles. The Morgan fingerprint density at radius 2 is 2.00 bits per heavy atom. The second kappa shape index (κ2) is 4.92. The van der Waals surface area contributed by atoms with Crippen molar-refractivity contribution in [2.45, 2.75) is 6.18 Å². The molecule has 0 aromatic heterocycles. The van der Waals surface area contributed by atoms with Crippen molar-refractivity contribution in [1.29, 1.82) is 0 Å². The van der Waals surface area contributed by atoms with Crippen LogP contribution in [0.25, 0.3) is 0 Å². The Bertz CT molecular complexity index is 496. The number of thioether (sulfide) groups is 1. The number of nitrogens with zero attached hydrogens (tertiary/aromatic N) is 3. The Hall–Kier alpha value is -1.44. The Kier molecular flexibility index (Phi) is 3.62. The predicted octanol–water partition coefficient (Wildman–Crippen LogP) is 1.82. The van der Waals surface area contributed by atoms with Crippen LogP contribution in [0.15, 0.2) is 27.9 Å². The molecule has 2 heterocycles. The van der Waals surface area contributed by atoms with Crippen molar-refractivity contribution in [3.05, 3.63) is 22.8 Å². The molecule has 4 nitrogen and oxygen atoms in total. The van der Waals surface area contributed by atoms with Gasteiger partial charge in [-0.1, -0.05) is 0 Å². The maximum Gasteiger partial charge on any atom is 0.435 e. The molecule has 1 saturated heterocycles. The summed E-state index contributed by atoms with van der Waals surface area (Å²) in [7, 11) is 3.06.